The van der Waals surface area contributed by atoms with Gasteiger partial charge in [0.1, 0.15) is 6.04 Å². The van der Waals surface area contributed by atoms with E-state index in [9.17, 15) is 19.2 Å². The first kappa shape index (κ1) is 19.2. The molecule has 0 spiro atoms. The second-order valence-corrected chi connectivity index (χ2v) is 9.21. The van der Waals surface area contributed by atoms with E-state index in [1.54, 1.807) is 12.1 Å². The minimum absolute atomic E-state index is 0.112. The van der Waals surface area contributed by atoms with Crippen LogP contribution in [0.5, 0.6) is 0 Å². The van der Waals surface area contributed by atoms with Gasteiger partial charge in [0.05, 0.1) is 11.8 Å². The first-order valence-corrected chi connectivity index (χ1v) is 10.6. The van der Waals surface area contributed by atoms with Crippen molar-refractivity contribution in [3.05, 3.63) is 47.0 Å². The van der Waals surface area contributed by atoms with Gasteiger partial charge in [-0.1, -0.05) is 24.3 Å². The molecular weight excluding hydrogens is 382 g/mol. The monoisotopic (exact) mass is 407 g/mol. The first-order chi connectivity index (χ1) is 14.3. The van der Waals surface area contributed by atoms with Crippen LogP contribution in [0.25, 0.3) is 0 Å². The summed E-state index contributed by atoms with van der Waals surface area (Å²) in [5.41, 5.74) is 2.53. The van der Waals surface area contributed by atoms with Crippen molar-refractivity contribution in [2.75, 3.05) is 6.61 Å². The number of Topliss-reactive ketones (excluding diaryl/α,β-unsaturated/α-hetero) is 1. The van der Waals surface area contributed by atoms with Crippen molar-refractivity contribution < 1.29 is 23.9 Å². The van der Waals surface area contributed by atoms with Gasteiger partial charge in [-0.25, -0.2) is 4.79 Å². The molecule has 6 nitrogen and oxygen atoms in total. The predicted octanol–water partition coefficient (Wildman–Crippen LogP) is 2.47. The van der Waals surface area contributed by atoms with E-state index in [0.717, 1.165) is 22.4 Å². The van der Waals surface area contributed by atoms with Gasteiger partial charge in [0.15, 0.2) is 12.4 Å². The highest BCUT2D eigenvalue weighted by molar-refractivity contribution is 6.09. The van der Waals surface area contributed by atoms with Crippen molar-refractivity contribution in [2.45, 2.75) is 33.2 Å². The number of ketones is 1. The van der Waals surface area contributed by atoms with Gasteiger partial charge in [-0.05, 0) is 68.1 Å². The fourth-order valence-corrected chi connectivity index (χ4v) is 5.72. The Morgan fingerprint density at radius 1 is 1.03 bits per heavy atom. The van der Waals surface area contributed by atoms with E-state index >= 15 is 0 Å². The van der Waals surface area contributed by atoms with Gasteiger partial charge < -0.3 is 4.74 Å². The Bertz CT molecular complexity index is 975. The average molecular weight is 407 g/mol. The maximum absolute atomic E-state index is 13.1. The van der Waals surface area contributed by atoms with Gasteiger partial charge in [0, 0.05) is 5.56 Å². The molecule has 7 atom stereocenters. The van der Waals surface area contributed by atoms with Gasteiger partial charge in [0.25, 0.3) is 0 Å². The van der Waals surface area contributed by atoms with Gasteiger partial charge in [-0.3, -0.25) is 19.3 Å². The molecule has 6 heteroatoms. The maximum Gasteiger partial charge on any atom is 0.329 e. The fraction of sp³-hybridized carbons (Fsp3) is 0.500. The Kier molecular flexibility index (Phi) is 4.24. The zero-order valence-corrected chi connectivity index (χ0v) is 17.3. The number of amides is 2. The van der Waals surface area contributed by atoms with Crippen molar-refractivity contribution in [2.24, 2.45) is 35.5 Å². The van der Waals surface area contributed by atoms with E-state index in [-0.39, 0.29) is 41.3 Å². The van der Waals surface area contributed by atoms with Gasteiger partial charge in [0.2, 0.25) is 11.8 Å². The SMILES string of the molecule is Cc1ccc(C(=O)COC(=O)[C@H](C)N2C(=O)[C@H]3[C@@H]4C=C[C@H]([C@H]5C[C@H]45)[C@@H]3C2=O)cc1C. The van der Waals surface area contributed by atoms with Crippen molar-refractivity contribution in [3.8, 4) is 0 Å². The highest BCUT2D eigenvalue weighted by atomic mass is 16.5. The third-order valence-electron chi connectivity index (χ3n) is 7.60. The third-order valence-corrected chi connectivity index (χ3v) is 7.60. The smallest absolute Gasteiger partial charge is 0.329 e. The number of allylic oxidation sites excluding steroid dienone is 2. The van der Waals surface area contributed by atoms with E-state index in [2.05, 4.69) is 12.2 Å². The molecular formula is C24H25NO5. The highest BCUT2D eigenvalue weighted by Crippen LogP contribution is 2.65. The normalized spacial score (nSPS) is 33.9. The Balaban J connectivity index is 1.26. The van der Waals surface area contributed by atoms with E-state index in [1.807, 2.05) is 19.9 Å². The average Bonchev–Trinajstić information content (AvgIpc) is 3.51. The zero-order valence-electron chi connectivity index (χ0n) is 17.3. The maximum atomic E-state index is 13.1. The van der Waals surface area contributed by atoms with Crippen LogP contribution in [0.15, 0.2) is 30.4 Å². The molecule has 3 fully saturated rings. The molecule has 1 aromatic carbocycles. The number of carbonyl (C=O) groups is 4. The summed E-state index contributed by atoms with van der Waals surface area (Å²) >= 11 is 0. The summed E-state index contributed by atoms with van der Waals surface area (Å²) in [6.45, 7) is 4.96. The van der Waals surface area contributed by atoms with Crippen molar-refractivity contribution in [1.82, 2.24) is 4.90 Å². The minimum atomic E-state index is -1.03. The van der Waals surface area contributed by atoms with Crippen LogP contribution in [0.1, 0.15) is 34.8 Å². The van der Waals surface area contributed by atoms with Crippen LogP contribution in [-0.2, 0) is 19.1 Å². The van der Waals surface area contributed by atoms with Gasteiger partial charge >= 0.3 is 5.97 Å². The molecule has 1 aliphatic heterocycles. The lowest BCUT2D eigenvalue weighted by Crippen LogP contribution is -2.45. The summed E-state index contributed by atoms with van der Waals surface area (Å²) in [4.78, 5) is 52.2. The number of ether oxygens (including phenoxy) is 1. The topological polar surface area (TPSA) is 80.8 Å². The van der Waals surface area contributed by atoms with Crippen molar-refractivity contribution in [1.29, 1.82) is 0 Å². The largest absolute Gasteiger partial charge is 0.456 e. The zero-order chi connectivity index (χ0) is 21.3. The Labute approximate surface area is 175 Å². The lowest BCUT2D eigenvalue weighted by Gasteiger charge is -2.37. The number of aryl methyl sites for hydroxylation is 2. The molecule has 156 valence electrons. The number of hydrogen-bond acceptors (Lipinski definition) is 5. The Morgan fingerprint density at radius 2 is 1.63 bits per heavy atom. The van der Waals surface area contributed by atoms with Crippen LogP contribution in [0.3, 0.4) is 0 Å². The Morgan fingerprint density at radius 3 is 2.20 bits per heavy atom. The number of benzene rings is 1. The fourth-order valence-electron chi connectivity index (χ4n) is 5.72. The molecule has 2 bridgehead atoms. The van der Waals surface area contributed by atoms with E-state index in [4.69, 9.17) is 4.74 Å². The molecule has 0 radical (unpaired) electrons. The van der Waals surface area contributed by atoms with Crippen LogP contribution >= 0.6 is 0 Å². The third kappa shape index (κ3) is 2.69. The van der Waals surface area contributed by atoms with Gasteiger partial charge in [-0.15, -0.1) is 0 Å². The van der Waals surface area contributed by atoms with E-state index < -0.39 is 18.6 Å². The standard InChI is InChI=1S/C24H25NO5/c1-11-4-5-14(8-12(11)2)19(26)10-30-24(29)13(3)25-22(27)20-15-6-7-16(18-9-17(15)18)21(20)23(25)28/h4-8,13,15-18,20-21H,9-10H2,1-3H3/t13-,15+,16+,17+,18+,20-,21-/m0/s1. The summed E-state index contributed by atoms with van der Waals surface area (Å²) in [5.74, 6) is -1.01. The van der Waals surface area contributed by atoms with Crippen LogP contribution in [0, 0.1) is 49.4 Å². The predicted molar refractivity (Wildman–Crippen MR) is 107 cm³/mol. The summed E-state index contributed by atoms with van der Waals surface area (Å²) in [5, 5.41) is 0. The van der Waals surface area contributed by atoms with Crippen LogP contribution in [0.2, 0.25) is 0 Å². The molecule has 0 N–H and O–H groups in total. The highest BCUT2D eigenvalue weighted by Gasteiger charge is 2.67. The number of nitrogens with zero attached hydrogens (tertiary/aromatic N) is 1. The van der Waals surface area contributed by atoms with E-state index in [0.29, 0.717) is 17.4 Å². The first-order valence-electron chi connectivity index (χ1n) is 10.6. The molecule has 30 heavy (non-hydrogen) atoms. The molecule has 1 aromatic rings. The lowest BCUT2D eigenvalue weighted by atomic mass is 9.63. The number of rotatable bonds is 5. The molecule has 4 aliphatic carbocycles. The molecule has 0 unspecified atom stereocenters. The number of hydrogen-bond donors (Lipinski definition) is 0. The van der Waals surface area contributed by atoms with E-state index in [1.165, 1.54) is 6.92 Å². The second kappa shape index (κ2) is 6.62. The quantitative estimate of drug-likeness (QED) is 0.324. The van der Waals surface area contributed by atoms with Gasteiger partial charge in [-0.2, -0.15) is 0 Å². The summed E-state index contributed by atoms with van der Waals surface area (Å²) in [6.07, 6.45) is 5.29. The number of likely N-dealkylation sites (tertiary alicyclic amines) is 1. The molecule has 1 heterocycles. The van der Waals surface area contributed by atoms with Crippen molar-refractivity contribution >= 4 is 23.6 Å². The molecule has 2 saturated carbocycles. The number of imide groups is 1. The van der Waals surface area contributed by atoms with Crippen LogP contribution in [-0.4, -0.2) is 41.1 Å². The number of carbonyl (C=O) groups excluding carboxylic acids is 4. The molecule has 1 saturated heterocycles. The summed E-state index contributed by atoms with van der Waals surface area (Å²) in [6, 6.07) is 4.29. The van der Waals surface area contributed by atoms with Crippen LogP contribution in [0.4, 0.5) is 0 Å². The minimum Gasteiger partial charge on any atom is -0.456 e. The Hall–Kier alpha value is -2.76. The molecule has 5 aliphatic rings. The molecule has 2 amide bonds. The molecule has 0 aromatic heterocycles. The molecule has 6 rings (SSSR count). The summed E-state index contributed by atoms with van der Waals surface area (Å²) in [7, 11) is 0. The summed E-state index contributed by atoms with van der Waals surface area (Å²) < 4.78 is 5.20. The van der Waals surface area contributed by atoms with Crippen molar-refractivity contribution in [3.63, 3.8) is 0 Å². The second-order valence-electron chi connectivity index (χ2n) is 9.21. The van der Waals surface area contributed by atoms with Crippen LogP contribution < -0.4 is 0 Å². The lowest BCUT2D eigenvalue weighted by molar-refractivity contribution is -0.157. The number of esters is 1.